The zero-order valence-corrected chi connectivity index (χ0v) is 11.6. The van der Waals surface area contributed by atoms with Crippen LogP contribution >= 0.6 is 0 Å². The van der Waals surface area contributed by atoms with E-state index in [2.05, 4.69) is 12.1 Å². The Morgan fingerprint density at radius 1 is 1.25 bits per heavy atom. The van der Waals surface area contributed by atoms with Gasteiger partial charge in [-0.25, -0.2) is 0 Å². The van der Waals surface area contributed by atoms with Crippen LogP contribution in [0.25, 0.3) is 0 Å². The molecule has 2 bridgehead atoms. The van der Waals surface area contributed by atoms with E-state index in [0.717, 1.165) is 29.8 Å². The molecule has 2 N–H and O–H groups in total. The van der Waals surface area contributed by atoms with E-state index in [0.29, 0.717) is 6.54 Å². The van der Waals surface area contributed by atoms with E-state index < -0.39 is 0 Å². The van der Waals surface area contributed by atoms with E-state index in [1.807, 2.05) is 43.3 Å². The van der Waals surface area contributed by atoms with Crippen molar-refractivity contribution in [2.24, 2.45) is 5.73 Å². The summed E-state index contributed by atoms with van der Waals surface area (Å²) < 4.78 is 5.18. The fraction of sp³-hybridized carbons (Fsp3) is 0.235. The Bertz CT molecular complexity index is 540. The first kappa shape index (κ1) is 14.3. The lowest BCUT2D eigenvalue weighted by molar-refractivity contribution is -0.108. The predicted octanol–water partition coefficient (Wildman–Crippen LogP) is 3.03. The van der Waals surface area contributed by atoms with Crippen LogP contribution in [0.2, 0.25) is 0 Å². The van der Waals surface area contributed by atoms with Gasteiger partial charge in [0.25, 0.3) is 0 Å². The normalized spacial score (nSPS) is 12.9. The molecule has 0 radical (unpaired) electrons. The quantitative estimate of drug-likeness (QED) is 0.871. The number of benzene rings is 2. The van der Waals surface area contributed by atoms with Gasteiger partial charge in [-0.2, -0.15) is 0 Å². The van der Waals surface area contributed by atoms with Gasteiger partial charge in [0, 0.05) is 12.5 Å². The molecule has 0 saturated carbocycles. The van der Waals surface area contributed by atoms with Crippen molar-refractivity contribution in [2.45, 2.75) is 26.0 Å². The van der Waals surface area contributed by atoms with Crippen LogP contribution in [-0.2, 0) is 17.9 Å². The third-order valence-corrected chi connectivity index (χ3v) is 3.25. The molecule has 3 heteroatoms. The summed E-state index contributed by atoms with van der Waals surface area (Å²) in [5, 5.41) is 0. The first-order valence-electron chi connectivity index (χ1n) is 6.69. The molecule has 2 aliphatic rings. The Labute approximate surface area is 119 Å². The van der Waals surface area contributed by atoms with Gasteiger partial charge in [-0.05, 0) is 28.8 Å². The average Bonchev–Trinajstić information content (AvgIpc) is 2.56. The van der Waals surface area contributed by atoms with E-state index in [4.69, 9.17) is 10.5 Å². The average molecular weight is 269 g/mol. The minimum Gasteiger partial charge on any atom is -0.489 e. The first-order valence-corrected chi connectivity index (χ1v) is 6.69. The van der Waals surface area contributed by atoms with Crippen molar-refractivity contribution < 1.29 is 9.53 Å². The zero-order chi connectivity index (χ0) is 14.4. The summed E-state index contributed by atoms with van der Waals surface area (Å²) in [7, 11) is 0. The molecule has 0 fully saturated rings. The molecule has 2 aromatic rings. The molecule has 4 rings (SSSR count). The number of fused-ring (bicyclic) bond motifs is 3. The van der Waals surface area contributed by atoms with Gasteiger partial charge in [0.1, 0.15) is 18.6 Å². The molecular weight excluding hydrogens is 250 g/mol. The Hall–Kier alpha value is -2.13. The molecule has 2 aromatic carbocycles. The minimum absolute atomic E-state index is 0.0310. The molecule has 0 aromatic heterocycles. The maximum atomic E-state index is 10.5. The molecule has 1 atom stereocenters. The number of carbonyl (C=O) groups excluding carboxylic acids is 1. The van der Waals surface area contributed by atoms with Gasteiger partial charge in [0.2, 0.25) is 0 Å². The summed E-state index contributed by atoms with van der Waals surface area (Å²) in [6, 6.07) is 15.9. The zero-order valence-electron chi connectivity index (χ0n) is 11.6. The van der Waals surface area contributed by atoms with Gasteiger partial charge in [0.15, 0.2) is 0 Å². The second kappa shape index (κ2) is 6.87. The van der Waals surface area contributed by atoms with Crippen LogP contribution in [-0.4, -0.2) is 6.29 Å². The Morgan fingerprint density at radius 2 is 2.00 bits per heavy atom. The molecule has 20 heavy (non-hydrogen) atoms. The molecule has 1 unspecified atom stereocenters. The van der Waals surface area contributed by atoms with Crippen LogP contribution in [0.3, 0.4) is 0 Å². The molecule has 0 amide bonds. The molecule has 2 heterocycles. The van der Waals surface area contributed by atoms with Crippen molar-refractivity contribution in [3.05, 3.63) is 65.2 Å². The highest BCUT2D eigenvalue weighted by Crippen LogP contribution is 2.19. The summed E-state index contributed by atoms with van der Waals surface area (Å²) in [6.07, 6.45) is 0.940. The largest absolute Gasteiger partial charge is 0.489 e. The molecule has 0 aliphatic carbocycles. The topological polar surface area (TPSA) is 52.3 Å². The lowest BCUT2D eigenvalue weighted by atomic mass is 10.0. The second-order valence-corrected chi connectivity index (χ2v) is 4.81. The van der Waals surface area contributed by atoms with Gasteiger partial charge in [0.05, 0.1) is 0 Å². The number of rotatable bonds is 3. The molecule has 3 nitrogen and oxygen atoms in total. The fourth-order valence-corrected chi connectivity index (χ4v) is 1.93. The van der Waals surface area contributed by atoms with Crippen LogP contribution in [0.1, 0.15) is 29.5 Å². The lowest BCUT2D eigenvalue weighted by Crippen LogP contribution is -2.00. The highest BCUT2D eigenvalue weighted by atomic mass is 16.5. The molecule has 2 aliphatic heterocycles. The van der Waals surface area contributed by atoms with Crippen molar-refractivity contribution in [1.29, 1.82) is 0 Å². The van der Waals surface area contributed by atoms with Gasteiger partial charge in [-0.3, -0.25) is 0 Å². The second-order valence-electron chi connectivity index (χ2n) is 4.81. The van der Waals surface area contributed by atoms with Crippen molar-refractivity contribution in [1.82, 2.24) is 0 Å². The van der Waals surface area contributed by atoms with Crippen LogP contribution < -0.4 is 10.5 Å². The summed E-state index contributed by atoms with van der Waals surface area (Å²) in [5.41, 5.74) is 8.84. The number of aldehydes is 1. The molecular formula is C17H19NO2. The lowest BCUT2D eigenvalue weighted by Gasteiger charge is -2.11. The van der Waals surface area contributed by atoms with E-state index in [1.165, 1.54) is 5.56 Å². The third kappa shape index (κ3) is 3.68. The molecule has 104 valence electrons. The highest BCUT2D eigenvalue weighted by molar-refractivity contribution is 5.61. The van der Waals surface area contributed by atoms with Crippen molar-refractivity contribution >= 4 is 6.29 Å². The number of carbonyl (C=O) groups is 1. The molecule has 0 spiro atoms. The van der Waals surface area contributed by atoms with Crippen LogP contribution in [0, 0.1) is 0 Å². The Balaban J connectivity index is 0.000000157. The fourth-order valence-electron chi connectivity index (χ4n) is 1.93. The van der Waals surface area contributed by atoms with Crippen molar-refractivity contribution in [3.63, 3.8) is 0 Å². The predicted molar refractivity (Wildman–Crippen MR) is 79.6 cm³/mol. The van der Waals surface area contributed by atoms with Crippen molar-refractivity contribution in [3.8, 4) is 5.75 Å². The van der Waals surface area contributed by atoms with Gasteiger partial charge in [-0.15, -0.1) is 0 Å². The number of hydrogen-bond acceptors (Lipinski definition) is 3. The smallest absolute Gasteiger partial charge is 0.127 e. The van der Waals surface area contributed by atoms with Crippen LogP contribution in [0.4, 0.5) is 0 Å². The molecule has 0 saturated heterocycles. The van der Waals surface area contributed by atoms with E-state index in [1.54, 1.807) is 0 Å². The van der Waals surface area contributed by atoms with E-state index >= 15 is 0 Å². The number of nitrogens with two attached hydrogens (primary N) is 1. The van der Waals surface area contributed by atoms with Gasteiger partial charge >= 0.3 is 0 Å². The number of hydrogen-bond donors (Lipinski definition) is 1. The van der Waals surface area contributed by atoms with Crippen LogP contribution in [0.5, 0.6) is 5.75 Å². The Kier molecular flexibility index (Phi) is 4.91. The van der Waals surface area contributed by atoms with E-state index in [-0.39, 0.29) is 5.92 Å². The summed E-state index contributed by atoms with van der Waals surface area (Å²) in [4.78, 5) is 10.5. The number of ether oxygens (including phenoxy) is 1. The Morgan fingerprint density at radius 3 is 2.40 bits per heavy atom. The van der Waals surface area contributed by atoms with E-state index in [9.17, 15) is 4.79 Å². The summed E-state index contributed by atoms with van der Waals surface area (Å²) in [5.74, 6) is 0.955. The third-order valence-electron chi connectivity index (χ3n) is 3.25. The summed E-state index contributed by atoms with van der Waals surface area (Å²) >= 11 is 0. The van der Waals surface area contributed by atoms with Crippen molar-refractivity contribution in [2.75, 3.05) is 0 Å². The minimum atomic E-state index is -0.0310. The SMILES string of the molecule is CC(C=O)c1cccc(CN)c1.c1cc2ccc1CO2. The summed E-state index contributed by atoms with van der Waals surface area (Å²) in [6.45, 7) is 3.17. The first-order chi connectivity index (χ1) is 9.72. The standard InChI is InChI=1S/C10H13NO.C7H6O/c1-8(7-12)10-4-2-3-9(5-10)6-11;1-3-7-4-2-6(1)5-8-7/h2-5,7-8H,6,11H2,1H3;1-4H,5H2. The van der Waals surface area contributed by atoms with Crippen LogP contribution in [0.15, 0.2) is 48.5 Å². The maximum absolute atomic E-state index is 10.5. The van der Waals surface area contributed by atoms with Gasteiger partial charge in [-0.1, -0.05) is 43.3 Å². The van der Waals surface area contributed by atoms with Gasteiger partial charge < -0.3 is 15.3 Å². The maximum Gasteiger partial charge on any atom is 0.127 e. The highest BCUT2D eigenvalue weighted by Gasteiger charge is 2.03. The monoisotopic (exact) mass is 269 g/mol.